The van der Waals surface area contributed by atoms with Crippen LogP contribution in [-0.2, 0) is 14.3 Å². The minimum Gasteiger partial charge on any atom is -0.450 e. The minimum absolute atomic E-state index is 0.229. The van der Waals surface area contributed by atoms with Gasteiger partial charge < -0.3 is 9.47 Å². The number of hydrogen-bond donors (Lipinski definition) is 1. The van der Waals surface area contributed by atoms with Crippen molar-refractivity contribution in [2.45, 2.75) is 6.92 Å². The number of carbonyl (C=O) groups excluding carboxylic acids is 2. The molecule has 146 valence electrons. The van der Waals surface area contributed by atoms with E-state index in [0.717, 1.165) is 22.0 Å². The van der Waals surface area contributed by atoms with Crippen molar-refractivity contribution < 1.29 is 24.0 Å². The molecule has 0 amide bonds. The molecule has 0 saturated heterocycles. The maximum absolute atomic E-state index is 11.9. The summed E-state index contributed by atoms with van der Waals surface area (Å²) < 4.78 is 10.0. The van der Waals surface area contributed by atoms with Crippen molar-refractivity contribution in [1.29, 1.82) is 0 Å². The van der Waals surface area contributed by atoms with Crippen LogP contribution in [0.15, 0.2) is 97.1 Å². The lowest BCUT2D eigenvalue weighted by atomic mass is 10.2. The highest BCUT2D eigenvalue weighted by Gasteiger charge is 2.18. The van der Waals surface area contributed by atoms with Crippen molar-refractivity contribution in [3.05, 3.63) is 97.1 Å². The van der Waals surface area contributed by atoms with Gasteiger partial charge in [0.25, 0.3) is 0 Å². The average Bonchev–Trinajstić information content (AvgIpc) is 2.75. The summed E-state index contributed by atoms with van der Waals surface area (Å²) in [5, 5.41) is 0. The topological polar surface area (TPSA) is 57.0 Å². The van der Waals surface area contributed by atoms with Gasteiger partial charge in [0.1, 0.15) is 22.8 Å². The highest BCUT2D eigenvalue weighted by molar-refractivity contribution is 5.88. The van der Waals surface area contributed by atoms with Crippen LogP contribution in [0.5, 0.6) is 5.75 Å². The number of esters is 2. The van der Waals surface area contributed by atoms with Crippen LogP contribution < -0.4 is 9.64 Å². The molecule has 0 saturated carbocycles. The van der Waals surface area contributed by atoms with Crippen molar-refractivity contribution in [2.24, 2.45) is 0 Å². The summed E-state index contributed by atoms with van der Waals surface area (Å²) in [4.78, 5) is 24.3. The molecule has 0 aliphatic heterocycles. The number of quaternary nitrogens is 1. The number of carbonyl (C=O) groups is 2. The maximum atomic E-state index is 11.9. The third-order valence-corrected chi connectivity index (χ3v) is 4.17. The zero-order chi connectivity index (χ0) is 20.6. The van der Waals surface area contributed by atoms with Gasteiger partial charge in [0.2, 0.25) is 0 Å². The van der Waals surface area contributed by atoms with Gasteiger partial charge in [-0.1, -0.05) is 43.0 Å². The van der Waals surface area contributed by atoms with E-state index in [4.69, 9.17) is 9.47 Å². The summed E-state index contributed by atoms with van der Waals surface area (Å²) >= 11 is 0. The van der Waals surface area contributed by atoms with Crippen molar-refractivity contribution in [3.8, 4) is 5.75 Å². The lowest BCUT2D eigenvalue weighted by Crippen LogP contribution is -2.96. The first-order chi connectivity index (χ1) is 14.0. The second-order valence-electron chi connectivity index (χ2n) is 6.46. The first-order valence-corrected chi connectivity index (χ1v) is 9.16. The molecule has 1 N–H and O–H groups in total. The second-order valence-corrected chi connectivity index (χ2v) is 6.46. The fourth-order valence-corrected chi connectivity index (χ4v) is 2.81. The summed E-state index contributed by atoms with van der Waals surface area (Å²) in [5.74, 6) is -0.893. The number of nitrogens with one attached hydrogen (secondary N) is 1. The zero-order valence-corrected chi connectivity index (χ0v) is 16.1. The predicted octanol–water partition coefficient (Wildman–Crippen LogP) is 3.89. The molecule has 0 spiro atoms. The van der Waals surface area contributed by atoms with Crippen molar-refractivity contribution in [1.82, 2.24) is 0 Å². The molecule has 0 aliphatic carbocycles. The van der Waals surface area contributed by atoms with E-state index >= 15 is 0 Å². The van der Waals surface area contributed by atoms with E-state index in [1.165, 1.54) is 6.92 Å². The summed E-state index contributed by atoms with van der Waals surface area (Å²) in [5.41, 5.74) is 3.41. The van der Waals surface area contributed by atoms with Crippen LogP contribution in [-0.4, -0.2) is 18.5 Å². The molecule has 0 radical (unpaired) electrons. The van der Waals surface area contributed by atoms with Crippen LogP contribution >= 0.6 is 0 Å². The molecule has 3 rings (SSSR count). The van der Waals surface area contributed by atoms with E-state index in [1.807, 2.05) is 48.5 Å². The first kappa shape index (κ1) is 20.0. The van der Waals surface area contributed by atoms with Crippen LogP contribution in [0.4, 0.5) is 17.1 Å². The van der Waals surface area contributed by atoms with E-state index in [0.29, 0.717) is 5.75 Å². The minimum atomic E-state index is -0.650. The van der Waals surface area contributed by atoms with Gasteiger partial charge in [-0.2, -0.15) is 0 Å². The molecule has 0 atom stereocenters. The molecule has 0 aliphatic rings. The number of rotatable bonds is 7. The quantitative estimate of drug-likeness (QED) is 0.379. The first-order valence-electron chi connectivity index (χ1n) is 9.16. The fraction of sp³-hybridized carbons (Fsp3) is 0.0833. The Balaban J connectivity index is 1.75. The standard InChI is InChI=1S/C24H21NO4/c1-18(2)24(27)28-17-23(26)29-22-15-13-21(14-16-22)25(19-9-5-3-6-10-19)20-11-7-4-8-12-20/h3-16H,1,17H2,2H3/p+1. The molecule has 0 fully saturated rings. The fourth-order valence-electron chi connectivity index (χ4n) is 2.81. The van der Waals surface area contributed by atoms with Gasteiger partial charge in [-0.05, 0) is 43.3 Å². The molecular weight excluding hydrogens is 366 g/mol. The smallest absolute Gasteiger partial charge is 0.349 e. The van der Waals surface area contributed by atoms with E-state index < -0.39 is 18.5 Å². The van der Waals surface area contributed by atoms with Gasteiger partial charge in [-0.25, -0.2) is 14.5 Å². The van der Waals surface area contributed by atoms with Crippen LogP contribution in [0.2, 0.25) is 0 Å². The Morgan fingerprint density at radius 1 is 0.793 bits per heavy atom. The molecule has 0 aromatic heterocycles. The Morgan fingerprint density at radius 2 is 1.28 bits per heavy atom. The van der Waals surface area contributed by atoms with Crippen LogP contribution in [0, 0.1) is 0 Å². The van der Waals surface area contributed by atoms with Crippen LogP contribution in [0.25, 0.3) is 0 Å². The molecule has 0 bridgehead atoms. The van der Waals surface area contributed by atoms with Gasteiger partial charge in [0, 0.05) is 17.7 Å². The Labute approximate surface area is 169 Å². The Hall–Kier alpha value is -3.70. The molecule has 5 nitrogen and oxygen atoms in total. The maximum Gasteiger partial charge on any atom is 0.349 e. The summed E-state index contributed by atoms with van der Waals surface area (Å²) in [7, 11) is 0. The molecule has 29 heavy (non-hydrogen) atoms. The van der Waals surface area contributed by atoms with E-state index in [9.17, 15) is 9.59 Å². The normalized spacial score (nSPS) is 10.4. The summed E-state index contributed by atoms with van der Waals surface area (Å²) in [6.07, 6.45) is 0. The van der Waals surface area contributed by atoms with Crippen LogP contribution in [0.1, 0.15) is 6.92 Å². The van der Waals surface area contributed by atoms with Gasteiger partial charge in [-0.15, -0.1) is 0 Å². The highest BCUT2D eigenvalue weighted by atomic mass is 16.6. The van der Waals surface area contributed by atoms with E-state index in [2.05, 4.69) is 30.8 Å². The molecule has 0 heterocycles. The van der Waals surface area contributed by atoms with Gasteiger partial charge in [0.15, 0.2) is 6.61 Å². The third-order valence-electron chi connectivity index (χ3n) is 4.17. The number of hydrogen-bond acceptors (Lipinski definition) is 4. The van der Waals surface area contributed by atoms with E-state index in [-0.39, 0.29) is 5.57 Å². The lowest BCUT2D eigenvalue weighted by Gasteiger charge is -2.18. The monoisotopic (exact) mass is 388 g/mol. The number of benzene rings is 3. The third kappa shape index (κ3) is 5.40. The molecule has 5 heteroatoms. The van der Waals surface area contributed by atoms with Crippen molar-refractivity contribution >= 4 is 29.0 Å². The second kappa shape index (κ2) is 9.48. The average molecular weight is 388 g/mol. The molecule has 3 aromatic carbocycles. The summed E-state index contributed by atoms with van der Waals surface area (Å²) in [6, 6.07) is 27.5. The largest absolute Gasteiger partial charge is 0.450 e. The zero-order valence-electron chi connectivity index (χ0n) is 16.1. The predicted molar refractivity (Wildman–Crippen MR) is 111 cm³/mol. The number of para-hydroxylation sites is 2. The molecule has 3 aromatic rings. The van der Waals surface area contributed by atoms with Crippen molar-refractivity contribution in [2.75, 3.05) is 6.61 Å². The van der Waals surface area contributed by atoms with Crippen molar-refractivity contribution in [3.63, 3.8) is 0 Å². The molecular formula is C24H22NO4+. The summed E-state index contributed by atoms with van der Waals surface area (Å²) in [6.45, 7) is 4.52. The van der Waals surface area contributed by atoms with Gasteiger partial charge in [-0.3, -0.25) is 0 Å². The SMILES string of the molecule is C=C(C)C(=O)OCC(=O)Oc1ccc([NH+](c2ccccc2)c2ccccc2)cc1. The van der Waals surface area contributed by atoms with Gasteiger partial charge >= 0.3 is 11.9 Å². The Morgan fingerprint density at radius 3 is 1.76 bits per heavy atom. The number of ether oxygens (including phenoxy) is 2. The Kier molecular flexibility index (Phi) is 6.55. The lowest BCUT2D eigenvalue weighted by molar-refractivity contribution is -0.681. The van der Waals surface area contributed by atoms with Gasteiger partial charge in [0.05, 0.1) is 0 Å². The Bertz CT molecular complexity index is 943. The highest BCUT2D eigenvalue weighted by Crippen LogP contribution is 2.18. The molecule has 0 unspecified atom stereocenters. The van der Waals surface area contributed by atoms with Crippen LogP contribution in [0.3, 0.4) is 0 Å². The van der Waals surface area contributed by atoms with E-state index in [1.54, 1.807) is 12.1 Å².